The molecule has 3 heterocycles. The van der Waals surface area contributed by atoms with Gasteiger partial charge < -0.3 is 0 Å². The van der Waals surface area contributed by atoms with Crippen LogP contribution < -0.4 is 0 Å². The number of hydrogen-bond acceptors (Lipinski definition) is 5. The lowest BCUT2D eigenvalue weighted by Gasteiger charge is -2.31. The smallest absolute Gasteiger partial charge is 0.249 e. The van der Waals surface area contributed by atoms with Crippen LogP contribution in [0.2, 0.25) is 0 Å². The second kappa shape index (κ2) is 8.31. The normalized spacial score (nSPS) is 25.1. The number of carbonyl (C=O) groups is 1. The zero-order valence-corrected chi connectivity index (χ0v) is 16.1. The van der Waals surface area contributed by atoms with Gasteiger partial charge in [-0.25, -0.2) is 9.45 Å². The van der Waals surface area contributed by atoms with Gasteiger partial charge in [0.15, 0.2) is 0 Å². The van der Waals surface area contributed by atoms with E-state index in [1.165, 1.54) is 11.3 Å². The molecule has 4 rings (SSSR count). The van der Waals surface area contributed by atoms with Crippen LogP contribution in [0.5, 0.6) is 0 Å². The van der Waals surface area contributed by atoms with E-state index in [0.717, 1.165) is 55.5 Å². The summed E-state index contributed by atoms with van der Waals surface area (Å²) < 4.78 is 13.5. The Morgan fingerprint density at radius 1 is 1.18 bits per heavy atom. The van der Waals surface area contributed by atoms with Gasteiger partial charge in [0.1, 0.15) is 11.9 Å². The van der Waals surface area contributed by atoms with Gasteiger partial charge in [-0.15, -0.1) is 0 Å². The Morgan fingerprint density at radius 2 is 2.00 bits per heavy atom. The first kappa shape index (κ1) is 18.9. The molecule has 0 spiro atoms. The molecular weight excluding hydrogens is 359 g/mol. The molecule has 1 amide bonds. The maximum Gasteiger partial charge on any atom is 0.249 e. The number of carbonyl (C=O) groups excluding carboxylic acids is 1. The minimum absolute atomic E-state index is 0.0275. The van der Waals surface area contributed by atoms with E-state index in [2.05, 4.69) is 15.0 Å². The number of rotatable bonds is 4. The van der Waals surface area contributed by atoms with Crippen LogP contribution >= 0.6 is 0 Å². The molecule has 7 heteroatoms. The Balaban J connectivity index is 1.35. The molecule has 1 saturated heterocycles. The van der Waals surface area contributed by atoms with E-state index in [1.54, 1.807) is 24.7 Å². The summed E-state index contributed by atoms with van der Waals surface area (Å²) in [5, 5.41) is 1.52. The summed E-state index contributed by atoms with van der Waals surface area (Å²) in [4.78, 5) is 31.3. The van der Waals surface area contributed by atoms with Crippen molar-refractivity contribution in [1.29, 1.82) is 0 Å². The molecule has 1 atom stereocenters. The van der Waals surface area contributed by atoms with Crippen LogP contribution in [0.4, 0.5) is 4.39 Å². The number of amides is 1. The molecule has 148 valence electrons. The van der Waals surface area contributed by atoms with Gasteiger partial charge in [-0.05, 0) is 56.6 Å². The molecule has 1 aliphatic carbocycles. The highest BCUT2D eigenvalue weighted by Crippen LogP contribution is 2.36. The monoisotopic (exact) mass is 384 g/mol. The van der Waals surface area contributed by atoms with Gasteiger partial charge in [-0.3, -0.25) is 24.6 Å². The third kappa shape index (κ3) is 4.04. The molecule has 2 aromatic heterocycles. The van der Waals surface area contributed by atoms with Gasteiger partial charge in [-0.2, -0.15) is 0 Å². The van der Waals surface area contributed by atoms with Crippen molar-refractivity contribution >= 4 is 5.91 Å². The van der Waals surface area contributed by atoms with E-state index >= 15 is 0 Å². The lowest BCUT2D eigenvalue weighted by molar-refractivity contribution is -0.183. The Labute approximate surface area is 164 Å². The second-order valence-electron chi connectivity index (χ2n) is 7.75. The largest absolute Gasteiger partial charge is 0.272 e. The number of hydrogen-bond donors (Lipinski definition) is 0. The lowest BCUT2D eigenvalue weighted by atomic mass is 9.78. The summed E-state index contributed by atoms with van der Waals surface area (Å²) >= 11 is 0. The van der Waals surface area contributed by atoms with Gasteiger partial charge in [0.2, 0.25) is 5.91 Å². The van der Waals surface area contributed by atoms with Crippen molar-refractivity contribution in [2.24, 2.45) is 11.8 Å². The molecule has 0 N–H and O–H groups in total. The Morgan fingerprint density at radius 3 is 2.75 bits per heavy atom. The third-order valence-electron chi connectivity index (χ3n) is 5.91. The second-order valence-corrected chi connectivity index (χ2v) is 7.75. The van der Waals surface area contributed by atoms with Gasteiger partial charge in [0, 0.05) is 30.4 Å². The van der Waals surface area contributed by atoms with Crippen LogP contribution in [0.25, 0.3) is 0 Å². The Bertz CT molecular complexity index is 824. The van der Waals surface area contributed by atoms with Crippen LogP contribution in [0, 0.1) is 24.6 Å². The van der Waals surface area contributed by atoms with E-state index in [9.17, 15) is 9.18 Å². The fourth-order valence-corrected chi connectivity index (χ4v) is 4.30. The van der Waals surface area contributed by atoms with E-state index in [1.807, 2.05) is 6.92 Å². The van der Waals surface area contributed by atoms with Crippen molar-refractivity contribution in [1.82, 2.24) is 20.0 Å². The summed E-state index contributed by atoms with van der Waals surface area (Å²) in [7, 11) is 0. The van der Waals surface area contributed by atoms with E-state index in [-0.39, 0.29) is 23.7 Å². The number of hydroxylamine groups is 2. The van der Waals surface area contributed by atoms with Gasteiger partial charge in [0.05, 0.1) is 24.7 Å². The van der Waals surface area contributed by atoms with Gasteiger partial charge in [0.25, 0.3) is 0 Å². The van der Waals surface area contributed by atoms with Crippen LogP contribution in [0.1, 0.15) is 55.1 Å². The summed E-state index contributed by atoms with van der Waals surface area (Å²) in [6.45, 7) is 2.44. The first-order valence-electron chi connectivity index (χ1n) is 9.94. The molecule has 0 bridgehead atoms. The van der Waals surface area contributed by atoms with Crippen LogP contribution in [-0.2, 0) is 16.1 Å². The number of nitrogens with zero attached hydrogens (tertiary/aromatic N) is 4. The standard InChI is InChI=1S/C21H25FN4O2/c1-14-17(11-18(22)12-25-14)10-15-2-4-16(5-3-15)21(27)26-20(6-9-28-26)19-13-23-7-8-24-19/h7-8,11-13,15-16,20H,2-6,9-10H2,1H3/t15?,16?,20-/m0/s1. The minimum atomic E-state index is -0.286. The SMILES string of the molecule is Cc1ncc(F)cc1CC1CCC(C(=O)N2OCC[C@H]2c2cnccn2)CC1. The maximum absolute atomic E-state index is 13.5. The molecular formula is C21H25FN4O2. The average molecular weight is 384 g/mol. The average Bonchev–Trinajstić information content (AvgIpc) is 3.21. The predicted molar refractivity (Wildman–Crippen MR) is 100 cm³/mol. The van der Waals surface area contributed by atoms with Crippen LogP contribution in [0.15, 0.2) is 30.9 Å². The van der Waals surface area contributed by atoms with Crippen LogP contribution in [-0.4, -0.2) is 32.5 Å². The maximum atomic E-state index is 13.5. The summed E-state index contributed by atoms with van der Waals surface area (Å²) in [6.07, 6.45) is 11.4. The summed E-state index contributed by atoms with van der Waals surface area (Å²) in [5.41, 5.74) is 2.63. The highest BCUT2D eigenvalue weighted by atomic mass is 19.1. The number of halogens is 1. The number of aromatic nitrogens is 3. The lowest BCUT2D eigenvalue weighted by Crippen LogP contribution is -2.37. The van der Waals surface area contributed by atoms with Crippen molar-refractivity contribution in [3.63, 3.8) is 0 Å². The fraction of sp³-hybridized carbons (Fsp3) is 0.524. The molecule has 1 aliphatic heterocycles. The Hall–Kier alpha value is -2.41. The molecule has 0 aromatic carbocycles. The summed E-state index contributed by atoms with van der Waals surface area (Å²) in [6, 6.07) is 1.43. The molecule has 2 aliphatic rings. The molecule has 2 fully saturated rings. The molecule has 0 radical (unpaired) electrons. The highest BCUT2D eigenvalue weighted by Gasteiger charge is 2.37. The number of pyridine rings is 1. The first-order chi connectivity index (χ1) is 13.6. The fourth-order valence-electron chi connectivity index (χ4n) is 4.30. The van der Waals surface area contributed by atoms with E-state index < -0.39 is 0 Å². The highest BCUT2D eigenvalue weighted by molar-refractivity contribution is 5.78. The molecule has 2 aromatic rings. The van der Waals surface area contributed by atoms with Crippen molar-refractivity contribution in [3.05, 3.63) is 53.6 Å². The quantitative estimate of drug-likeness (QED) is 0.806. The van der Waals surface area contributed by atoms with Crippen molar-refractivity contribution in [3.8, 4) is 0 Å². The topological polar surface area (TPSA) is 68.2 Å². The Kier molecular flexibility index (Phi) is 5.62. The molecule has 6 nitrogen and oxygen atoms in total. The van der Waals surface area contributed by atoms with Crippen molar-refractivity contribution in [2.45, 2.75) is 51.5 Å². The molecule has 0 unspecified atom stereocenters. The number of aryl methyl sites for hydroxylation is 1. The summed E-state index contributed by atoms with van der Waals surface area (Å²) in [5.74, 6) is 0.197. The van der Waals surface area contributed by atoms with Crippen molar-refractivity contribution < 1.29 is 14.0 Å². The third-order valence-corrected chi connectivity index (χ3v) is 5.91. The predicted octanol–water partition coefficient (Wildman–Crippen LogP) is 3.57. The minimum Gasteiger partial charge on any atom is -0.272 e. The van der Waals surface area contributed by atoms with E-state index in [4.69, 9.17) is 4.84 Å². The van der Waals surface area contributed by atoms with Gasteiger partial charge in [-0.1, -0.05) is 0 Å². The zero-order chi connectivity index (χ0) is 19.5. The molecule has 1 saturated carbocycles. The van der Waals surface area contributed by atoms with Crippen LogP contribution in [0.3, 0.4) is 0 Å². The zero-order valence-electron chi connectivity index (χ0n) is 16.1. The molecule has 28 heavy (non-hydrogen) atoms. The van der Waals surface area contributed by atoms with E-state index in [0.29, 0.717) is 12.5 Å². The van der Waals surface area contributed by atoms with Gasteiger partial charge >= 0.3 is 0 Å². The first-order valence-corrected chi connectivity index (χ1v) is 9.94. The van der Waals surface area contributed by atoms with Crippen molar-refractivity contribution in [2.75, 3.05) is 6.61 Å².